The lowest BCUT2D eigenvalue weighted by Gasteiger charge is -2.38. The molecule has 4 rings (SSSR count). The predicted molar refractivity (Wildman–Crippen MR) is 120 cm³/mol. The van der Waals surface area contributed by atoms with E-state index in [1.165, 1.54) is 17.4 Å². The highest BCUT2D eigenvalue weighted by Crippen LogP contribution is 2.40. The van der Waals surface area contributed by atoms with Gasteiger partial charge in [-0.25, -0.2) is 4.98 Å². The number of rotatable bonds is 6. The van der Waals surface area contributed by atoms with Gasteiger partial charge in [0.05, 0.1) is 12.1 Å². The SMILES string of the molecule is O=C(CNC(=O)c1cccc(C(F)(F)F)c1)NC1CCN(C2CCC(O)(c3nccs3)CC2)C1. The molecule has 1 saturated carbocycles. The van der Waals surface area contributed by atoms with Crippen molar-refractivity contribution in [3.8, 4) is 0 Å². The molecule has 1 aromatic heterocycles. The van der Waals surface area contributed by atoms with E-state index in [0.29, 0.717) is 25.4 Å². The third-order valence-corrected chi connectivity index (χ3v) is 7.54. The maximum absolute atomic E-state index is 12.8. The molecule has 184 valence electrons. The number of nitrogens with one attached hydrogen (secondary N) is 2. The number of carbonyl (C=O) groups excluding carboxylic acids is 2. The van der Waals surface area contributed by atoms with E-state index < -0.39 is 23.2 Å². The normalized spacial score (nSPS) is 25.8. The molecule has 3 N–H and O–H groups in total. The van der Waals surface area contributed by atoms with Crippen LogP contribution in [-0.2, 0) is 16.6 Å². The summed E-state index contributed by atoms with van der Waals surface area (Å²) in [5.74, 6) is -1.11. The summed E-state index contributed by atoms with van der Waals surface area (Å²) in [5.41, 5.74) is -1.91. The fourth-order valence-corrected chi connectivity index (χ4v) is 5.52. The number of alkyl halides is 3. The predicted octanol–water partition coefficient (Wildman–Crippen LogP) is 2.91. The second-order valence-corrected chi connectivity index (χ2v) is 9.80. The van der Waals surface area contributed by atoms with Gasteiger partial charge in [0, 0.05) is 42.3 Å². The molecule has 2 aromatic rings. The van der Waals surface area contributed by atoms with Crippen LogP contribution in [0.4, 0.5) is 13.2 Å². The van der Waals surface area contributed by atoms with Crippen molar-refractivity contribution in [3.05, 3.63) is 52.0 Å². The number of halogens is 3. The molecule has 2 amide bonds. The highest BCUT2D eigenvalue weighted by molar-refractivity contribution is 7.09. The summed E-state index contributed by atoms with van der Waals surface area (Å²) < 4.78 is 38.5. The molecule has 2 aliphatic rings. The van der Waals surface area contributed by atoms with E-state index in [4.69, 9.17) is 0 Å². The van der Waals surface area contributed by atoms with Crippen LogP contribution in [0.3, 0.4) is 0 Å². The van der Waals surface area contributed by atoms with Crippen LogP contribution in [0.1, 0.15) is 53.0 Å². The van der Waals surface area contributed by atoms with Gasteiger partial charge in [-0.05, 0) is 50.3 Å². The summed E-state index contributed by atoms with van der Waals surface area (Å²) in [6.07, 6.45) is 0.953. The Balaban J connectivity index is 1.21. The van der Waals surface area contributed by atoms with E-state index in [-0.39, 0.29) is 24.1 Å². The molecule has 0 spiro atoms. The summed E-state index contributed by atoms with van der Waals surface area (Å²) in [6, 6.07) is 4.37. The number of amides is 2. The summed E-state index contributed by atoms with van der Waals surface area (Å²) >= 11 is 1.47. The summed E-state index contributed by atoms with van der Waals surface area (Å²) in [5, 5.41) is 18.8. The Labute approximate surface area is 199 Å². The molecular formula is C23H27F3N4O3S. The Morgan fingerprint density at radius 3 is 2.68 bits per heavy atom. The molecule has 0 radical (unpaired) electrons. The molecule has 1 saturated heterocycles. The van der Waals surface area contributed by atoms with Crippen LogP contribution >= 0.6 is 11.3 Å². The number of carbonyl (C=O) groups is 2. The van der Waals surface area contributed by atoms with Crippen molar-refractivity contribution in [1.82, 2.24) is 20.5 Å². The molecule has 1 aromatic carbocycles. The maximum Gasteiger partial charge on any atom is 0.416 e. The lowest BCUT2D eigenvalue weighted by atomic mass is 9.82. The van der Waals surface area contributed by atoms with E-state index in [1.54, 1.807) is 6.20 Å². The van der Waals surface area contributed by atoms with Crippen LogP contribution in [0.15, 0.2) is 35.8 Å². The van der Waals surface area contributed by atoms with Crippen molar-refractivity contribution < 1.29 is 27.9 Å². The van der Waals surface area contributed by atoms with Gasteiger partial charge < -0.3 is 15.7 Å². The lowest BCUT2D eigenvalue weighted by molar-refractivity contribution is -0.137. The minimum atomic E-state index is -4.54. The van der Waals surface area contributed by atoms with Gasteiger partial charge in [0.1, 0.15) is 10.6 Å². The van der Waals surface area contributed by atoms with Gasteiger partial charge >= 0.3 is 6.18 Å². The summed E-state index contributed by atoms with van der Waals surface area (Å²) in [7, 11) is 0. The number of benzene rings is 1. The molecular weight excluding hydrogens is 469 g/mol. The zero-order chi connectivity index (χ0) is 24.3. The van der Waals surface area contributed by atoms with Crippen LogP contribution in [0.5, 0.6) is 0 Å². The van der Waals surface area contributed by atoms with E-state index in [0.717, 1.165) is 49.0 Å². The highest BCUT2D eigenvalue weighted by atomic mass is 32.1. The van der Waals surface area contributed by atoms with Crippen molar-refractivity contribution in [2.75, 3.05) is 19.6 Å². The first-order chi connectivity index (χ1) is 16.1. The molecule has 7 nitrogen and oxygen atoms in total. The zero-order valence-corrected chi connectivity index (χ0v) is 19.3. The second-order valence-electron chi connectivity index (χ2n) is 8.91. The maximum atomic E-state index is 12.8. The van der Waals surface area contributed by atoms with Crippen molar-refractivity contribution in [2.45, 2.75) is 56.0 Å². The number of aromatic nitrogens is 1. The van der Waals surface area contributed by atoms with E-state index in [2.05, 4.69) is 20.5 Å². The van der Waals surface area contributed by atoms with Crippen LogP contribution < -0.4 is 10.6 Å². The fraction of sp³-hybridized carbons (Fsp3) is 0.522. The average Bonchev–Trinajstić information content (AvgIpc) is 3.51. The topological polar surface area (TPSA) is 94.6 Å². The molecule has 34 heavy (non-hydrogen) atoms. The molecule has 0 bridgehead atoms. The minimum Gasteiger partial charge on any atom is -0.383 e. The van der Waals surface area contributed by atoms with Crippen molar-refractivity contribution in [2.24, 2.45) is 0 Å². The Hall–Kier alpha value is -2.50. The summed E-state index contributed by atoms with van der Waals surface area (Å²) in [6.45, 7) is 1.21. The first-order valence-corrected chi connectivity index (χ1v) is 12.1. The molecule has 1 aliphatic carbocycles. The third-order valence-electron chi connectivity index (χ3n) is 6.58. The van der Waals surface area contributed by atoms with Crippen LogP contribution in [0.25, 0.3) is 0 Å². The van der Waals surface area contributed by atoms with Gasteiger partial charge in [-0.3, -0.25) is 14.5 Å². The number of hydrogen-bond donors (Lipinski definition) is 3. The molecule has 2 heterocycles. The quantitative estimate of drug-likeness (QED) is 0.572. The Morgan fingerprint density at radius 2 is 2.00 bits per heavy atom. The van der Waals surface area contributed by atoms with Crippen molar-refractivity contribution >= 4 is 23.2 Å². The zero-order valence-electron chi connectivity index (χ0n) is 18.5. The Bertz CT molecular complexity index is 1010. The average molecular weight is 497 g/mol. The van der Waals surface area contributed by atoms with Gasteiger partial charge in [-0.1, -0.05) is 6.07 Å². The van der Waals surface area contributed by atoms with Crippen molar-refractivity contribution in [1.29, 1.82) is 0 Å². The number of nitrogens with zero attached hydrogens (tertiary/aromatic N) is 2. The molecule has 1 aliphatic heterocycles. The Morgan fingerprint density at radius 1 is 1.24 bits per heavy atom. The van der Waals surface area contributed by atoms with Gasteiger partial charge in [-0.15, -0.1) is 11.3 Å². The largest absolute Gasteiger partial charge is 0.416 e. The number of hydrogen-bond acceptors (Lipinski definition) is 6. The number of thiazole rings is 1. The minimum absolute atomic E-state index is 0.0577. The van der Waals surface area contributed by atoms with E-state index in [1.807, 2.05) is 5.38 Å². The molecule has 2 fully saturated rings. The number of likely N-dealkylation sites (tertiary alicyclic amines) is 1. The van der Waals surface area contributed by atoms with E-state index in [9.17, 15) is 27.9 Å². The number of aliphatic hydroxyl groups is 1. The molecule has 11 heteroatoms. The highest BCUT2D eigenvalue weighted by Gasteiger charge is 2.40. The third kappa shape index (κ3) is 5.76. The molecule has 1 atom stereocenters. The van der Waals surface area contributed by atoms with Gasteiger partial charge in [0.15, 0.2) is 0 Å². The van der Waals surface area contributed by atoms with Crippen LogP contribution in [0.2, 0.25) is 0 Å². The van der Waals surface area contributed by atoms with Crippen molar-refractivity contribution in [3.63, 3.8) is 0 Å². The molecule has 1 unspecified atom stereocenters. The van der Waals surface area contributed by atoms with Gasteiger partial charge in [0.2, 0.25) is 5.91 Å². The van der Waals surface area contributed by atoms with Crippen LogP contribution in [-0.4, -0.2) is 58.5 Å². The first-order valence-electron chi connectivity index (χ1n) is 11.3. The van der Waals surface area contributed by atoms with Gasteiger partial charge in [0.25, 0.3) is 5.91 Å². The van der Waals surface area contributed by atoms with Crippen LogP contribution in [0, 0.1) is 0 Å². The first kappa shape index (κ1) is 24.6. The smallest absolute Gasteiger partial charge is 0.383 e. The Kier molecular flexibility index (Phi) is 7.25. The lowest BCUT2D eigenvalue weighted by Crippen LogP contribution is -2.45. The standard InChI is InChI=1S/C23H27F3N4O3S/c24-23(25,26)16-3-1-2-15(12-16)20(32)28-13-19(31)29-17-6-10-30(14-17)18-4-7-22(33,8-5-18)21-27-9-11-34-21/h1-3,9,11-12,17-18,33H,4-8,10,13-14H2,(H,28,32)(H,29,31). The van der Waals surface area contributed by atoms with Gasteiger partial charge in [-0.2, -0.15) is 13.2 Å². The van der Waals surface area contributed by atoms with E-state index >= 15 is 0 Å². The summed E-state index contributed by atoms with van der Waals surface area (Å²) in [4.78, 5) is 31.1. The monoisotopic (exact) mass is 496 g/mol. The second kappa shape index (κ2) is 10.0. The fourth-order valence-electron chi connectivity index (χ4n) is 4.73.